The molecule has 572 valence electrons. The molecule has 0 radical (unpaired) electrons. The molecule has 3 N–H and O–H groups in total. The van der Waals surface area contributed by atoms with Crippen LogP contribution >= 0.6 is 15.6 Å². The van der Waals surface area contributed by atoms with Gasteiger partial charge in [0.15, 0.2) is 6.10 Å². The predicted octanol–water partition coefficient (Wildman–Crippen LogP) is 22.3. The van der Waals surface area contributed by atoms with Gasteiger partial charge in [0.25, 0.3) is 0 Å². The largest absolute Gasteiger partial charge is 0.472 e. The molecule has 0 aromatic carbocycles. The highest BCUT2D eigenvalue weighted by atomic mass is 31.2. The highest BCUT2D eigenvalue weighted by molar-refractivity contribution is 7.47. The normalized spacial score (nSPS) is 14.3. The Labute approximate surface area is 597 Å². The molecule has 0 bridgehead atoms. The number of aliphatic hydroxyl groups excluding tert-OH is 1. The first kappa shape index (κ1) is 94.9. The highest BCUT2D eigenvalue weighted by Gasteiger charge is 2.30. The lowest BCUT2D eigenvalue weighted by molar-refractivity contribution is -0.161. The van der Waals surface area contributed by atoms with Crippen molar-refractivity contribution in [3.8, 4) is 0 Å². The van der Waals surface area contributed by atoms with E-state index in [1.807, 2.05) is 0 Å². The molecular formula is C79H144O17P2. The van der Waals surface area contributed by atoms with Crippen LogP contribution in [0.2, 0.25) is 0 Å². The molecule has 0 aliphatic carbocycles. The van der Waals surface area contributed by atoms with Gasteiger partial charge < -0.3 is 38.6 Å². The quantitative estimate of drug-likeness (QED) is 0.0128. The second-order valence-electron chi connectivity index (χ2n) is 26.6. The Morgan fingerprint density at radius 3 is 0.969 bits per heavy atom. The lowest BCUT2D eigenvalue weighted by atomic mass is 10.0. The number of phosphoric ester groups is 2. The number of rotatable bonds is 77. The van der Waals surface area contributed by atoms with Crippen molar-refractivity contribution in [3.05, 3.63) is 60.8 Å². The highest BCUT2D eigenvalue weighted by Crippen LogP contribution is 2.45. The van der Waals surface area contributed by atoms with Crippen molar-refractivity contribution in [2.45, 2.75) is 373 Å². The minimum Gasteiger partial charge on any atom is -0.462 e. The van der Waals surface area contributed by atoms with Crippen LogP contribution in [0.15, 0.2) is 60.8 Å². The third-order valence-corrected chi connectivity index (χ3v) is 18.9. The van der Waals surface area contributed by atoms with Crippen LogP contribution in [0.5, 0.6) is 0 Å². The van der Waals surface area contributed by atoms with Crippen LogP contribution < -0.4 is 0 Å². The molecule has 19 heteroatoms. The molecule has 0 saturated carbocycles. The van der Waals surface area contributed by atoms with Crippen LogP contribution in [0.1, 0.15) is 355 Å². The van der Waals surface area contributed by atoms with Gasteiger partial charge in [0.2, 0.25) is 0 Å². The Balaban J connectivity index is 5.27. The topological polar surface area (TPSA) is 237 Å². The van der Waals surface area contributed by atoms with Crippen LogP contribution in [-0.4, -0.2) is 104 Å². The van der Waals surface area contributed by atoms with Gasteiger partial charge in [-0.1, -0.05) is 268 Å². The summed E-state index contributed by atoms with van der Waals surface area (Å²) in [6.45, 7) is 3.63. The van der Waals surface area contributed by atoms with E-state index in [2.05, 4.69) is 81.5 Å². The van der Waals surface area contributed by atoms with E-state index >= 15 is 0 Å². The van der Waals surface area contributed by atoms with Crippen LogP contribution in [0, 0.1) is 0 Å². The van der Waals surface area contributed by atoms with E-state index < -0.39 is 84.9 Å². The third-order valence-electron chi connectivity index (χ3n) is 17.0. The smallest absolute Gasteiger partial charge is 0.462 e. The van der Waals surface area contributed by atoms with Gasteiger partial charge in [0, 0.05) is 32.3 Å². The van der Waals surface area contributed by atoms with Crippen LogP contribution in [0.3, 0.4) is 0 Å². The molecule has 0 aliphatic rings. The second-order valence-corrected chi connectivity index (χ2v) is 29.5. The van der Waals surface area contributed by atoms with Gasteiger partial charge in [0.05, 0.1) is 33.0 Å². The van der Waals surface area contributed by atoms with E-state index in [0.29, 0.717) is 32.3 Å². The molecule has 0 aliphatic heterocycles. The fraction of sp³-hybridized carbons (Fsp3) is 0.823. The fourth-order valence-corrected chi connectivity index (χ4v) is 12.5. The summed E-state index contributed by atoms with van der Waals surface area (Å²) in [5, 5.41) is 10.6. The third kappa shape index (κ3) is 72.7. The predicted molar refractivity (Wildman–Crippen MR) is 400 cm³/mol. The molecule has 0 amide bonds. The number of carbonyl (C=O) groups is 4. The summed E-state index contributed by atoms with van der Waals surface area (Å²) in [5.41, 5.74) is 0. The van der Waals surface area contributed by atoms with Gasteiger partial charge in [-0.25, -0.2) is 9.13 Å². The van der Waals surface area contributed by atoms with Crippen LogP contribution in [-0.2, 0) is 65.4 Å². The van der Waals surface area contributed by atoms with E-state index in [1.54, 1.807) is 0 Å². The van der Waals surface area contributed by atoms with Crippen molar-refractivity contribution < 1.29 is 80.2 Å². The number of aldehydes is 1. The van der Waals surface area contributed by atoms with Gasteiger partial charge in [-0.2, -0.15) is 0 Å². The lowest BCUT2D eigenvalue weighted by Gasteiger charge is -2.21. The minimum absolute atomic E-state index is 0.0734. The molecule has 98 heavy (non-hydrogen) atoms. The van der Waals surface area contributed by atoms with E-state index in [0.717, 1.165) is 167 Å². The Hall–Kier alpha value is -3.08. The maximum absolute atomic E-state index is 13.1. The number of esters is 3. The number of phosphoric acid groups is 2. The molecule has 0 fully saturated rings. The zero-order chi connectivity index (χ0) is 71.6. The molecule has 17 nitrogen and oxygen atoms in total. The summed E-state index contributed by atoms with van der Waals surface area (Å²) >= 11 is 0. The maximum Gasteiger partial charge on any atom is 0.472 e. The zero-order valence-corrected chi connectivity index (χ0v) is 64.0. The van der Waals surface area contributed by atoms with Gasteiger partial charge in [0.1, 0.15) is 25.1 Å². The summed E-state index contributed by atoms with van der Waals surface area (Å²) in [6, 6.07) is 0. The average Bonchev–Trinajstić information content (AvgIpc) is 1.12. The number of unbranched alkanes of at least 4 members (excludes halogenated alkanes) is 40. The van der Waals surface area contributed by atoms with Crippen LogP contribution in [0.25, 0.3) is 0 Å². The number of ether oxygens (including phenoxy) is 4. The summed E-state index contributed by atoms with van der Waals surface area (Å²) in [7, 11) is -9.83. The van der Waals surface area contributed by atoms with E-state index in [-0.39, 0.29) is 25.9 Å². The lowest BCUT2D eigenvalue weighted by Crippen LogP contribution is -2.30. The standard InChI is InChI=1S/C79H144O17P2/c1-4-7-10-13-16-19-22-25-29-34-38-43-48-53-58-63-77(82)90-71-76(96-79(84)65-60-55-50-45-40-35-30-26-23-20-17-14-11-8-5-2)73-94-98(87,88)92-69-74(81)68-91-97(85,86)93-72-75(95-78(83)64-59-54-49-44-39-33-24-21-18-15-12-9-6-3)70-89-67-62-57-52-47-42-37-32-28-27-31-36-41-46-51-56-61-66-80/h16-17,19-20,25-27,29-31,66,74-76,81H,4-15,18,21-24,28,32-65,67-73H2,1-3H3,(H,85,86)(H,87,88)/b19-16-,20-17-,29-25-,30-26-,31-27-/t74-,75+,76+/m0/s1. The zero-order valence-electron chi connectivity index (χ0n) is 62.3. The number of aliphatic hydroxyl groups is 1. The molecule has 0 saturated heterocycles. The summed E-state index contributed by atoms with van der Waals surface area (Å²) in [6.07, 6.45) is 72.4. The van der Waals surface area contributed by atoms with Gasteiger partial charge in [-0.05, 0) is 122 Å². The Kier molecular flexibility index (Phi) is 71.3. The molecular weight excluding hydrogens is 1280 g/mol. The summed E-state index contributed by atoms with van der Waals surface area (Å²) < 4.78 is 69.2. The van der Waals surface area contributed by atoms with Gasteiger partial charge in [-0.15, -0.1) is 0 Å². The number of carbonyl (C=O) groups excluding carboxylic acids is 4. The van der Waals surface area contributed by atoms with Crippen molar-refractivity contribution >= 4 is 39.8 Å². The molecule has 0 heterocycles. The maximum atomic E-state index is 13.1. The number of hydrogen-bond donors (Lipinski definition) is 3. The Bertz CT molecular complexity index is 2060. The molecule has 5 atom stereocenters. The van der Waals surface area contributed by atoms with Crippen molar-refractivity contribution in [2.24, 2.45) is 0 Å². The van der Waals surface area contributed by atoms with E-state index in [9.17, 15) is 43.2 Å². The van der Waals surface area contributed by atoms with E-state index in [1.165, 1.54) is 128 Å². The molecule has 0 rings (SSSR count). The van der Waals surface area contributed by atoms with E-state index in [4.69, 9.17) is 37.0 Å². The summed E-state index contributed by atoms with van der Waals surface area (Å²) in [5.74, 6) is -1.55. The SMILES string of the molecule is CCCCC/C=C\C/C=C\CCCCCCCC(=O)OC[C@H](COP(=O)(O)OC[C@@H](O)COP(=O)(O)OC[C@@H](COCCCCCCCCC/C=C\CCCCCCC=O)OC(=O)CCCCCCCCCCCCCCC)OC(=O)CCCCCCC/C=C\C/C=C\CCCCC. The number of hydrogen-bond acceptors (Lipinski definition) is 15. The van der Waals surface area contributed by atoms with Crippen LogP contribution in [0.4, 0.5) is 0 Å². The first-order valence-electron chi connectivity index (χ1n) is 39.5. The fourth-order valence-electron chi connectivity index (χ4n) is 10.9. The second kappa shape index (κ2) is 73.7. The van der Waals surface area contributed by atoms with Gasteiger partial charge >= 0.3 is 33.6 Å². The minimum atomic E-state index is -4.95. The molecule has 0 aromatic heterocycles. The molecule has 0 aromatic rings. The van der Waals surface area contributed by atoms with Gasteiger partial charge in [-0.3, -0.25) is 32.5 Å². The van der Waals surface area contributed by atoms with Crippen molar-refractivity contribution in [1.29, 1.82) is 0 Å². The van der Waals surface area contributed by atoms with Crippen molar-refractivity contribution in [3.63, 3.8) is 0 Å². The summed E-state index contributed by atoms with van der Waals surface area (Å²) in [4.78, 5) is 70.6. The monoisotopic (exact) mass is 1430 g/mol. The molecule has 2 unspecified atom stereocenters. The van der Waals surface area contributed by atoms with Crippen molar-refractivity contribution in [1.82, 2.24) is 0 Å². The first-order valence-corrected chi connectivity index (χ1v) is 42.5. The average molecular weight is 1430 g/mol. The molecule has 0 spiro atoms. The first-order chi connectivity index (χ1) is 47.8. The Morgan fingerprint density at radius 2 is 0.602 bits per heavy atom. The Morgan fingerprint density at radius 1 is 0.327 bits per heavy atom. The van der Waals surface area contributed by atoms with Crippen molar-refractivity contribution in [2.75, 3.05) is 46.2 Å². The number of allylic oxidation sites excluding steroid dienone is 10.